The molecule has 10 bridgehead atoms. The molecule has 0 saturated carbocycles. The summed E-state index contributed by atoms with van der Waals surface area (Å²) >= 11 is 0. The Morgan fingerprint density at radius 2 is 0.305 bits per heavy atom. The Morgan fingerprint density at radius 1 is 0.181 bits per heavy atom. The lowest BCUT2D eigenvalue weighted by molar-refractivity contribution is 0.388. The fraction of sp³-hybridized carbons (Fsp3) is 0.400. The van der Waals surface area contributed by atoms with Crippen LogP contribution in [0.2, 0.25) is 0 Å². The minimum absolute atomic E-state index is 0.357. The smallest absolute Gasteiger partial charge is 0.127 e. The van der Waals surface area contributed by atoms with Crippen molar-refractivity contribution in [2.75, 3.05) is 35.5 Å². The van der Waals surface area contributed by atoms with Gasteiger partial charge in [-0.3, -0.25) is 0 Å². The average Bonchev–Trinajstić information content (AvgIpc) is 0.725. The minimum Gasteiger partial charge on any atom is -0.496 e. The Morgan fingerprint density at radius 3 is 0.400 bits per heavy atom. The topological polar surface area (TPSA) is 46.2 Å². The summed E-state index contributed by atoms with van der Waals surface area (Å²) in [5.74, 6) is 1.81. The summed E-state index contributed by atoms with van der Waals surface area (Å²) in [5.41, 5.74) is 32.4. The van der Waals surface area contributed by atoms with Gasteiger partial charge in [-0.15, -0.1) is 0 Å². The number of fused-ring (bicyclic) bond motifs is 10. The number of benzene rings is 10. The van der Waals surface area contributed by atoms with Crippen molar-refractivity contribution >= 4 is 0 Å². The molecule has 10 aromatic carbocycles. The van der Waals surface area contributed by atoms with Crippen molar-refractivity contribution in [2.45, 2.75) is 230 Å². The second-order valence-corrected chi connectivity index (χ2v) is 36.2. The summed E-state index contributed by atoms with van der Waals surface area (Å²) in [4.78, 5) is 0. The van der Waals surface area contributed by atoms with Crippen molar-refractivity contribution < 1.29 is 23.7 Å². The van der Waals surface area contributed by atoms with Gasteiger partial charge in [0.25, 0.3) is 0 Å². The van der Waals surface area contributed by atoms with Gasteiger partial charge in [0.15, 0.2) is 0 Å². The molecule has 0 aliphatic heterocycles. The molecule has 0 fully saturated rings. The molecule has 1 aliphatic carbocycles. The van der Waals surface area contributed by atoms with E-state index in [9.17, 15) is 0 Å². The van der Waals surface area contributed by atoms with E-state index in [-0.39, 0.29) is 27.1 Å². The van der Waals surface area contributed by atoms with Crippen LogP contribution in [0.25, 0.3) is 0 Å². The number of ether oxygens (including phenoxy) is 5. The molecule has 10 aromatic rings. The van der Waals surface area contributed by atoms with Gasteiger partial charge in [-0.2, -0.15) is 0 Å². The summed E-state index contributed by atoms with van der Waals surface area (Å²) in [7, 11) is 9.48. The molecule has 0 heterocycles. The van der Waals surface area contributed by atoms with Gasteiger partial charge < -0.3 is 23.7 Å². The van der Waals surface area contributed by atoms with Gasteiger partial charge in [0.1, 0.15) is 28.7 Å². The van der Waals surface area contributed by atoms with Crippen molar-refractivity contribution in [2.24, 2.45) is 0 Å². The zero-order valence-electron chi connectivity index (χ0n) is 69.4. The maximum Gasteiger partial charge on any atom is 0.127 e. The van der Waals surface area contributed by atoms with E-state index >= 15 is 0 Å². The van der Waals surface area contributed by atoms with E-state index in [0.29, 0.717) is 0 Å². The molecule has 0 aromatic heterocycles. The normalized spacial score (nSPS) is 16.6. The molecule has 0 spiro atoms. The lowest BCUT2D eigenvalue weighted by atomic mass is 9.69. The first-order valence-electron chi connectivity index (χ1n) is 38.1. The molecule has 5 nitrogen and oxygen atoms in total. The molecule has 550 valence electrons. The summed E-state index contributed by atoms with van der Waals surface area (Å²) in [6.45, 7) is 57.9. The zero-order valence-corrected chi connectivity index (χ0v) is 69.4. The molecule has 5 heteroatoms. The van der Waals surface area contributed by atoms with E-state index in [2.05, 4.69) is 325 Å². The summed E-state index contributed by atoms with van der Waals surface area (Å²) < 4.78 is 37.3. The molecule has 0 N–H and O–H groups in total. The van der Waals surface area contributed by atoms with Gasteiger partial charge in [-0.1, -0.05) is 283 Å². The monoisotopic (exact) mass is 1400 g/mol. The highest BCUT2D eigenvalue weighted by atomic mass is 16.5. The summed E-state index contributed by atoms with van der Waals surface area (Å²) in [6.07, 6.45) is 0. The van der Waals surface area contributed by atoms with E-state index in [1.165, 1.54) is 111 Å². The maximum absolute atomic E-state index is 7.46. The fourth-order valence-corrected chi connectivity index (χ4v) is 17.1. The number of hydrogen-bond donors (Lipinski definition) is 0. The highest BCUT2D eigenvalue weighted by Gasteiger charge is 2.42. The van der Waals surface area contributed by atoms with Gasteiger partial charge in [0, 0.05) is 85.2 Å². The van der Waals surface area contributed by atoms with Crippen molar-refractivity contribution in [1.82, 2.24) is 0 Å². The molecule has 0 saturated heterocycles. The molecule has 0 unspecified atom stereocenters. The third-order valence-corrected chi connectivity index (χ3v) is 22.9. The number of aryl methyl sites for hydroxylation is 10. The standard InChI is InChI=1S/C100H120O5/c1-56-31-36-71(61(6)41-56)86-76-46-66(96(11,12)13)48-78(91(76)101-26)87(72-37-32-57(2)42-62(72)7)80-50-68(98(17,18)19)52-82(93(80)103-28)89(74-39-34-59(4)44-64(74)9)84-54-70(100(23,24)25)55-85(95(84)105-30)90(75-40-35-60(5)45-65(75)10)83-53-69(99(20,21)22)51-81(94(83)104-29)88(73-38-33-58(3)43-63(73)8)79-49-67(97(14,15)16)47-77(86)92(79)102-27/h31-55,86-90H,1-30H3. The predicted molar refractivity (Wildman–Crippen MR) is 443 cm³/mol. The van der Waals surface area contributed by atoms with E-state index in [1.54, 1.807) is 0 Å². The fourth-order valence-electron chi connectivity index (χ4n) is 17.1. The highest BCUT2D eigenvalue weighted by Crippen LogP contribution is 2.59. The summed E-state index contributed by atoms with van der Waals surface area (Å²) in [5, 5.41) is 0. The molecule has 11 rings (SSSR count). The van der Waals surface area contributed by atoms with E-state index < -0.39 is 29.6 Å². The van der Waals surface area contributed by atoms with E-state index in [0.717, 1.165) is 84.4 Å². The van der Waals surface area contributed by atoms with E-state index in [1.807, 2.05) is 35.5 Å². The van der Waals surface area contributed by atoms with Crippen molar-refractivity contribution in [3.05, 3.63) is 319 Å². The van der Waals surface area contributed by atoms with Crippen molar-refractivity contribution in [1.29, 1.82) is 0 Å². The maximum atomic E-state index is 7.46. The van der Waals surface area contributed by atoms with Gasteiger partial charge >= 0.3 is 0 Å². The van der Waals surface area contributed by atoms with Crippen molar-refractivity contribution in [3.63, 3.8) is 0 Å². The first-order chi connectivity index (χ1) is 49.1. The van der Waals surface area contributed by atoms with Crippen LogP contribution in [-0.4, -0.2) is 35.5 Å². The molecular formula is C100H120O5. The molecule has 0 radical (unpaired) electrons. The lowest BCUT2D eigenvalue weighted by Gasteiger charge is -2.36. The first-order valence-corrected chi connectivity index (χ1v) is 38.1. The third kappa shape index (κ3) is 14.8. The number of methoxy groups -OCH3 is 5. The molecule has 0 atom stereocenters. The second kappa shape index (κ2) is 28.8. The van der Waals surface area contributed by atoms with Crippen LogP contribution in [0.5, 0.6) is 28.7 Å². The SMILES string of the molecule is COc1c2cc(C(C)(C)C)cc1C(c1ccc(C)cc1C)c1cc(C(C)(C)C)cc(c1OC)C(c1ccc(C)cc1C)c1cc(C(C)(C)C)cc(c1OC)C(c1ccc(C)cc1C)c1cc(C(C)(C)C)cc(c1OC)C(c1ccc(C)cc1C)c1cc(C(C)(C)C)cc(c1OC)C2c1ccc(C)cc1C. The highest BCUT2D eigenvalue weighted by molar-refractivity contribution is 5.72. The molecule has 0 amide bonds. The van der Waals surface area contributed by atoms with E-state index in [4.69, 9.17) is 23.7 Å². The van der Waals surface area contributed by atoms with Gasteiger partial charge in [-0.05, 0) is 180 Å². The van der Waals surface area contributed by atoms with Gasteiger partial charge in [0.05, 0.1) is 35.5 Å². The van der Waals surface area contributed by atoms with Gasteiger partial charge in [0.2, 0.25) is 0 Å². The third-order valence-electron chi connectivity index (χ3n) is 22.9. The van der Waals surface area contributed by atoms with Crippen LogP contribution in [0.3, 0.4) is 0 Å². The molecule has 105 heavy (non-hydrogen) atoms. The number of rotatable bonds is 10. The van der Waals surface area contributed by atoms with Crippen LogP contribution < -0.4 is 23.7 Å². The van der Waals surface area contributed by atoms with Crippen LogP contribution in [0, 0.1) is 69.2 Å². The Bertz CT molecular complexity index is 4120. The minimum atomic E-state index is -0.447. The molecular weight excluding hydrogens is 1280 g/mol. The second-order valence-electron chi connectivity index (χ2n) is 36.2. The van der Waals surface area contributed by atoms with Crippen LogP contribution >= 0.6 is 0 Å². The van der Waals surface area contributed by atoms with Crippen LogP contribution in [0.4, 0.5) is 0 Å². The van der Waals surface area contributed by atoms with Crippen molar-refractivity contribution in [3.8, 4) is 28.7 Å². The Kier molecular flexibility index (Phi) is 21.2. The first kappa shape index (κ1) is 77.3. The van der Waals surface area contributed by atoms with Gasteiger partial charge in [-0.25, -0.2) is 0 Å². The van der Waals surface area contributed by atoms with Crippen LogP contribution in [0.15, 0.2) is 152 Å². The Hall–Kier alpha value is -8.80. The largest absolute Gasteiger partial charge is 0.496 e. The lowest BCUT2D eigenvalue weighted by Crippen LogP contribution is -2.22. The molecule has 1 aliphatic rings. The van der Waals surface area contributed by atoms with Crippen LogP contribution in [0.1, 0.15) is 300 Å². The number of hydrogen-bond acceptors (Lipinski definition) is 5. The zero-order chi connectivity index (χ0) is 76.8. The quantitative estimate of drug-likeness (QED) is 0.137. The summed E-state index contributed by atoms with van der Waals surface area (Å²) in [6, 6.07) is 59.9. The predicted octanol–water partition coefficient (Wildman–Crippen LogP) is 25.5. The Labute approximate surface area is 632 Å². The Balaban J connectivity index is 1.54. The van der Waals surface area contributed by atoms with Crippen LogP contribution in [-0.2, 0) is 27.1 Å². The average molecular weight is 1400 g/mol.